The molecule has 1 aromatic rings. The van der Waals surface area contributed by atoms with Gasteiger partial charge in [0.15, 0.2) is 5.82 Å². The standard InChI is InChI=1S/C16H28N4/c1-13(2)15-8-9-16(18-17-15)19(4)11-12-20-10-6-5-7-14(20)3/h8-9,13-14H,5-7,10-12H2,1-4H3. The molecule has 1 unspecified atom stereocenters. The van der Waals surface area contributed by atoms with Gasteiger partial charge in [-0.25, -0.2) is 0 Å². The third-order valence-electron chi connectivity index (χ3n) is 4.32. The fourth-order valence-electron chi connectivity index (χ4n) is 2.73. The zero-order valence-corrected chi connectivity index (χ0v) is 13.3. The van der Waals surface area contributed by atoms with E-state index in [1.54, 1.807) is 0 Å². The number of nitrogens with zero attached hydrogens (tertiary/aromatic N) is 4. The van der Waals surface area contributed by atoms with Gasteiger partial charge in [0.1, 0.15) is 0 Å². The molecule has 0 amide bonds. The van der Waals surface area contributed by atoms with Gasteiger partial charge in [0, 0.05) is 26.2 Å². The fraction of sp³-hybridized carbons (Fsp3) is 0.750. The third-order valence-corrected chi connectivity index (χ3v) is 4.32. The number of likely N-dealkylation sites (N-methyl/N-ethyl adjacent to an activating group) is 1. The van der Waals surface area contributed by atoms with Gasteiger partial charge in [-0.1, -0.05) is 20.3 Å². The van der Waals surface area contributed by atoms with E-state index in [2.05, 4.69) is 59.9 Å². The predicted molar refractivity (Wildman–Crippen MR) is 84.3 cm³/mol. The zero-order chi connectivity index (χ0) is 14.5. The second-order valence-electron chi connectivity index (χ2n) is 6.27. The first kappa shape index (κ1) is 15.2. The average Bonchev–Trinajstić information content (AvgIpc) is 2.46. The molecule has 0 bridgehead atoms. The van der Waals surface area contributed by atoms with Gasteiger partial charge in [-0.05, 0) is 44.4 Å². The molecule has 2 heterocycles. The number of hydrogen-bond donors (Lipinski definition) is 0. The summed E-state index contributed by atoms with van der Waals surface area (Å²) in [5, 5.41) is 8.64. The Morgan fingerprint density at radius 3 is 2.70 bits per heavy atom. The number of rotatable bonds is 5. The summed E-state index contributed by atoms with van der Waals surface area (Å²) in [6.45, 7) is 10.0. The molecule has 1 saturated heterocycles. The molecule has 1 fully saturated rings. The second-order valence-corrected chi connectivity index (χ2v) is 6.27. The van der Waals surface area contributed by atoms with E-state index in [4.69, 9.17) is 0 Å². The summed E-state index contributed by atoms with van der Waals surface area (Å²) in [5.74, 6) is 1.41. The van der Waals surface area contributed by atoms with Crippen LogP contribution in [-0.2, 0) is 0 Å². The summed E-state index contributed by atoms with van der Waals surface area (Å²) >= 11 is 0. The minimum Gasteiger partial charge on any atom is -0.357 e. The van der Waals surface area contributed by atoms with Gasteiger partial charge in [0.2, 0.25) is 0 Å². The van der Waals surface area contributed by atoms with E-state index < -0.39 is 0 Å². The summed E-state index contributed by atoms with van der Waals surface area (Å²) in [4.78, 5) is 4.80. The molecule has 1 aromatic heterocycles. The van der Waals surface area contributed by atoms with Gasteiger partial charge in [0.05, 0.1) is 5.69 Å². The van der Waals surface area contributed by atoms with Crippen LogP contribution >= 0.6 is 0 Å². The Balaban J connectivity index is 1.86. The smallest absolute Gasteiger partial charge is 0.151 e. The molecule has 0 aliphatic carbocycles. The van der Waals surface area contributed by atoms with Crippen molar-refractivity contribution in [1.82, 2.24) is 15.1 Å². The van der Waals surface area contributed by atoms with E-state index in [9.17, 15) is 0 Å². The quantitative estimate of drug-likeness (QED) is 0.828. The van der Waals surface area contributed by atoms with Crippen molar-refractivity contribution in [3.05, 3.63) is 17.8 Å². The van der Waals surface area contributed by atoms with E-state index in [-0.39, 0.29) is 0 Å². The van der Waals surface area contributed by atoms with E-state index in [0.717, 1.165) is 30.6 Å². The minimum atomic E-state index is 0.441. The molecule has 0 spiro atoms. The van der Waals surface area contributed by atoms with Gasteiger partial charge in [-0.2, -0.15) is 5.10 Å². The van der Waals surface area contributed by atoms with Crippen LogP contribution in [0.2, 0.25) is 0 Å². The van der Waals surface area contributed by atoms with Crippen molar-refractivity contribution in [2.24, 2.45) is 0 Å². The predicted octanol–water partition coefficient (Wildman–Crippen LogP) is 2.91. The highest BCUT2D eigenvalue weighted by Crippen LogP contribution is 2.17. The Labute approximate surface area is 123 Å². The van der Waals surface area contributed by atoms with Crippen LogP contribution in [-0.4, -0.2) is 47.8 Å². The fourth-order valence-corrected chi connectivity index (χ4v) is 2.73. The topological polar surface area (TPSA) is 32.3 Å². The molecular formula is C16H28N4. The van der Waals surface area contributed by atoms with E-state index in [0.29, 0.717) is 5.92 Å². The van der Waals surface area contributed by atoms with Crippen LogP contribution in [0.15, 0.2) is 12.1 Å². The van der Waals surface area contributed by atoms with E-state index in [1.807, 2.05) is 0 Å². The van der Waals surface area contributed by atoms with Crippen molar-refractivity contribution < 1.29 is 0 Å². The highest BCUT2D eigenvalue weighted by Gasteiger charge is 2.18. The van der Waals surface area contributed by atoms with Gasteiger partial charge in [-0.15, -0.1) is 5.10 Å². The first-order valence-corrected chi connectivity index (χ1v) is 7.86. The van der Waals surface area contributed by atoms with Crippen LogP contribution in [0.4, 0.5) is 5.82 Å². The maximum absolute atomic E-state index is 4.34. The van der Waals surface area contributed by atoms with Crippen molar-refractivity contribution in [2.45, 2.75) is 52.0 Å². The van der Waals surface area contributed by atoms with Crippen molar-refractivity contribution in [1.29, 1.82) is 0 Å². The molecule has 0 radical (unpaired) electrons. The number of likely N-dealkylation sites (tertiary alicyclic amines) is 1. The SMILES string of the molecule is CC(C)c1ccc(N(C)CCN2CCCCC2C)nn1. The number of aromatic nitrogens is 2. The molecule has 2 rings (SSSR count). The molecule has 0 saturated carbocycles. The summed E-state index contributed by atoms with van der Waals surface area (Å²) in [6, 6.07) is 4.90. The second kappa shape index (κ2) is 7.02. The van der Waals surface area contributed by atoms with Crippen LogP contribution < -0.4 is 4.90 Å². The molecule has 1 aliphatic heterocycles. The largest absolute Gasteiger partial charge is 0.357 e. The molecule has 1 atom stereocenters. The number of piperidine rings is 1. The summed E-state index contributed by atoms with van der Waals surface area (Å²) < 4.78 is 0. The molecule has 0 aromatic carbocycles. The molecular weight excluding hydrogens is 248 g/mol. The molecule has 112 valence electrons. The lowest BCUT2D eigenvalue weighted by molar-refractivity contribution is 0.165. The maximum atomic E-state index is 4.34. The number of hydrogen-bond acceptors (Lipinski definition) is 4. The monoisotopic (exact) mass is 276 g/mol. The third kappa shape index (κ3) is 3.92. The Kier molecular flexibility index (Phi) is 5.35. The van der Waals surface area contributed by atoms with Crippen molar-refractivity contribution in [3.63, 3.8) is 0 Å². The van der Waals surface area contributed by atoms with Gasteiger partial charge < -0.3 is 4.90 Å². The highest BCUT2D eigenvalue weighted by molar-refractivity contribution is 5.36. The van der Waals surface area contributed by atoms with Gasteiger partial charge in [0.25, 0.3) is 0 Å². The average molecular weight is 276 g/mol. The minimum absolute atomic E-state index is 0.441. The summed E-state index contributed by atoms with van der Waals surface area (Å²) in [6.07, 6.45) is 4.07. The van der Waals surface area contributed by atoms with Crippen LogP contribution in [0.25, 0.3) is 0 Å². The van der Waals surface area contributed by atoms with Crippen LogP contribution in [0.3, 0.4) is 0 Å². The maximum Gasteiger partial charge on any atom is 0.151 e. The Bertz CT molecular complexity index is 401. The highest BCUT2D eigenvalue weighted by atomic mass is 15.3. The van der Waals surface area contributed by atoms with Crippen molar-refractivity contribution in [2.75, 3.05) is 31.6 Å². The Hall–Kier alpha value is -1.16. The van der Waals surface area contributed by atoms with Gasteiger partial charge in [-0.3, -0.25) is 4.90 Å². The van der Waals surface area contributed by atoms with Crippen molar-refractivity contribution in [3.8, 4) is 0 Å². The van der Waals surface area contributed by atoms with E-state index in [1.165, 1.54) is 25.8 Å². The molecule has 0 N–H and O–H groups in total. The van der Waals surface area contributed by atoms with Crippen LogP contribution in [0.5, 0.6) is 0 Å². The Morgan fingerprint density at radius 1 is 1.30 bits per heavy atom. The normalized spacial score (nSPS) is 20.4. The number of anilines is 1. The lowest BCUT2D eigenvalue weighted by Crippen LogP contribution is -2.42. The lowest BCUT2D eigenvalue weighted by atomic mass is 10.0. The molecule has 20 heavy (non-hydrogen) atoms. The summed E-state index contributed by atoms with van der Waals surface area (Å²) in [7, 11) is 2.10. The lowest BCUT2D eigenvalue weighted by Gasteiger charge is -2.34. The molecule has 1 aliphatic rings. The summed E-state index contributed by atoms with van der Waals surface area (Å²) in [5.41, 5.74) is 1.06. The first-order valence-electron chi connectivity index (χ1n) is 7.86. The Morgan fingerprint density at radius 2 is 2.10 bits per heavy atom. The first-order chi connectivity index (χ1) is 9.58. The molecule has 4 nitrogen and oxygen atoms in total. The zero-order valence-electron chi connectivity index (χ0n) is 13.3. The molecule has 4 heteroatoms. The van der Waals surface area contributed by atoms with Gasteiger partial charge >= 0.3 is 0 Å². The van der Waals surface area contributed by atoms with Crippen LogP contribution in [0.1, 0.15) is 51.6 Å². The van der Waals surface area contributed by atoms with Crippen LogP contribution in [0, 0.1) is 0 Å². The van der Waals surface area contributed by atoms with Crippen molar-refractivity contribution >= 4 is 5.82 Å². The van der Waals surface area contributed by atoms with E-state index >= 15 is 0 Å².